The third kappa shape index (κ3) is 1.75. The molecule has 0 saturated carbocycles. The van der Waals surface area contributed by atoms with E-state index >= 15 is 0 Å². The highest BCUT2D eigenvalue weighted by Crippen LogP contribution is 2.31. The van der Waals surface area contributed by atoms with Crippen molar-refractivity contribution in [3.63, 3.8) is 0 Å². The first-order valence-electron chi connectivity index (χ1n) is 6.39. The minimum atomic E-state index is -0.186. The van der Waals surface area contributed by atoms with Crippen molar-refractivity contribution in [3.05, 3.63) is 53.1 Å². The standard InChI is InChI=1S/C15H17FN2/c1-10-9-11(16)5-6-14(10)18-8-7-12-13(17)3-2-4-15(12)18/h5-9,13H,2-4,17H2,1H3. The molecule has 1 aliphatic carbocycles. The quantitative estimate of drug-likeness (QED) is 0.820. The van der Waals surface area contributed by atoms with Crippen molar-refractivity contribution in [2.45, 2.75) is 32.2 Å². The first-order valence-corrected chi connectivity index (χ1v) is 6.39. The number of hydrogen-bond donors (Lipinski definition) is 1. The second-order valence-electron chi connectivity index (χ2n) is 5.02. The van der Waals surface area contributed by atoms with Gasteiger partial charge in [-0.3, -0.25) is 0 Å². The molecule has 1 unspecified atom stereocenters. The van der Waals surface area contributed by atoms with Gasteiger partial charge in [-0.05, 0) is 61.6 Å². The molecule has 3 heteroatoms. The zero-order valence-electron chi connectivity index (χ0n) is 10.5. The fourth-order valence-corrected chi connectivity index (χ4v) is 2.84. The zero-order chi connectivity index (χ0) is 12.7. The van der Waals surface area contributed by atoms with Gasteiger partial charge >= 0.3 is 0 Å². The van der Waals surface area contributed by atoms with E-state index in [0.717, 1.165) is 30.5 Å². The van der Waals surface area contributed by atoms with Crippen LogP contribution in [0.15, 0.2) is 30.5 Å². The van der Waals surface area contributed by atoms with Crippen molar-refractivity contribution >= 4 is 0 Å². The van der Waals surface area contributed by atoms with Gasteiger partial charge in [0.15, 0.2) is 0 Å². The third-order valence-electron chi connectivity index (χ3n) is 3.77. The number of aryl methyl sites for hydroxylation is 1. The highest BCUT2D eigenvalue weighted by Gasteiger charge is 2.21. The lowest BCUT2D eigenvalue weighted by atomic mass is 9.93. The summed E-state index contributed by atoms with van der Waals surface area (Å²) in [6.45, 7) is 1.94. The number of fused-ring (bicyclic) bond motifs is 1. The van der Waals surface area contributed by atoms with E-state index < -0.39 is 0 Å². The maximum atomic E-state index is 13.2. The van der Waals surface area contributed by atoms with Crippen LogP contribution in [0.5, 0.6) is 0 Å². The fraction of sp³-hybridized carbons (Fsp3) is 0.333. The molecule has 1 aliphatic rings. The number of nitrogens with two attached hydrogens (primary N) is 1. The molecule has 2 nitrogen and oxygen atoms in total. The van der Waals surface area contributed by atoms with Crippen molar-refractivity contribution in [1.82, 2.24) is 4.57 Å². The molecule has 0 spiro atoms. The molecule has 1 aromatic heterocycles. The van der Waals surface area contributed by atoms with Crippen LogP contribution in [0, 0.1) is 12.7 Å². The van der Waals surface area contributed by atoms with Gasteiger partial charge < -0.3 is 10.3 Å². The Morgan fingerprint density at radius 3 is 2.94 bits per heavy atom. The van der Waals surface area contributed by atoms with Crippen LogP contribution in [0.4, 0.5) is 4.39 Å². The van der Waals surface area contributed by atoms with Crippen LogP contribution >= 0.6 is 0 Å². The Morgan fingerprint density at radius 2 is 2.17 bits per heavy atom. The Balaban J connectivity index is 2.12. The van der Waals surface area contributed by atoms with Crippen LogP contribution in [-0.2, 0) is 6.42 Å². The largest absolute Gasteiger partial charge is 0.324 e. The zero-order valence-corrected chi connectivity index (χ0v) is 10.5. The molecule has 1 atom stereocenters. The van der Waals surface area contributed by atoms with Crippen molar-refractivity contribution in [2.75, 3.05) is 0 Å². The second kappa shape index (κ2) is 4.25. The molecule has 0 bridgehead atoms. The predicted molar refractivity (Wildman–Crippen MR) is 70.3 cm³/mol. The summed E-state index contributed by atoms with van der Waals surface area (Å²) in [5.41, 5.74) is 10.6. The molecule has 0 aliphatic heterocycles. The van der Waals surface area contributed by atoms with E-state index in [-0.39, 0.29) is 11.9 Å². The summed E-state index contributed by atoms with van der Waals surface area (Å²) < 4.78 is 15.3. The Labute approximate surface area is 106 Å². The summed E-state index contributed by atoms with van der Waals surface area (Å²) in [5.74, 6) is -0.186. The summed E-state index contributed by atoms with van der Waals surface area (Å²) in [7, 11) is 0. The third-order valence-corrected chi connectivity index (χ3v) is 3.77. The topological polar surface area (TPSA) is 30.9 Å². The Kier molecular flexibility index (Phi) is 2.71. The summed E-state index contributed by atoms with van der Waals surface area (Å²) in [6.07, 6.45) is 5.28. The van der Waals surface area contributed by atoms with Crippen LogP contribution in [0.25, 0.3) is 5.69 Å². The Bertz CT molecular complexity index is 586. The molecule has 0 saturated heterocycles. The number of rotatable bonds is 1. The van der Waals surface area contributed by atoms with Gasteiger partial charge in [0.1, 0.15) is 5.82 Å². The molecular weight excluding hydrogens is 227 g/mol. The lowest BCUT2D eigenvalue weighted by molar-refractivity contribution is 0.560. The number of aromatic nitrogens is 1. The molecule has 2 aromatic rings. The van der Waals surface area contributed by atoms with Crippen LogP contribution in [0.3, 0.4) is 0 Å². The van der Waals surface area contributed by atoms with Gasteiger partial charge in [-0.25, -0.2) is 4.39 Å². The average Bonchev–Trinajstić information content (AvgIpc) is 2.74. The first kappa shape index (κ1) is 11.5. The van der Waals surface area contributed by atoms with Gasteiger partial charge in [0.2, 0.25) is 0 Å². The van der Waals surface area contributed by atoms with Crippen LogP contribution in [-0.4, -0.2) is 4.57 Å². The molecule has 0 fully saturated rings. The lowest BCUT2D eigenvalue weighted by Crippen LogP contribution is -2.18. The smallest absolute Gasteiger partial charge is 0.123 e. The molecule has 18 heavy (non-hydrogen) atoms. The number of benzene rings is 1. The molecule has 1 aromatic carbocycles. The fourth-order valence-electron chi connectivity index (χ4n) is 2.84. The summed E-state index contributed by atoms with van der Waals surface area (Å²) in [6, 6.07) is 7.17. The molecule has 0 radical (unpaired) electrons. The van der Waals surface area contributed by atoms with E-state index in [1.54, 1.807) is 6.07 Å². The Hall–Kier alpha value is -1.61. The molecule has 2 N–H and O–H groups in total. The molecule has 3 rings (SSSR count). The molecule has 0 amide bonds. The van der Waals surface area contributed by atoms with Gasteiger partial charge in [0, 0.05) is 23.6 Å². The van der Waals surface area contributed by atoms with Gasteiger partial charge in [-0.1, -0.05) is 0 Å². The van der Waals surface area contributed by atoms with Crippen molar-refractivity contribution in [1.29, 1.82) is 0 Å². The lowest BCUT2D eigenvalue weighted by Gasteiger charge is -2.21. The minimum Gasteiger partial charge on any atom is -0.324 e. The summed E-state index contributed by atoms with van der Waals surface area (Å²) >= 11 is 0. The van der Waals surface area contributed by atoms with E-state index in [2.05, 4.69) is 16.8 Å². The van der Waals surface area contributed by atoms with Gasteiger partial charge in [0.25, 0.3) is 0 Å². The van der Waals surface area contributed by atoms with Crippen LogP contribution < -0.4 is 5.73 Å². The number of nitrogens with zero attached hydrogens (tertiary/aromatic N) is 1. The second-order valence-corrected chi connectivity index (χ2v) is 5.02. The van der Waals surface area contributed by atoms with Crippen molar-refractivity contribution in [3.8, 4) is 5.69 Å². The SMILES string of the molecule is Cc1cc(F)ccc1-n1ccc2c1CCCC2N. The van der Waals surface area contributed by atoms with E-state index in [9.17, 15) is 4.39 Å². The predicted octanol–water partition coefficient (Wildman–Crippen LogP) is 3.26. The Morgan fingerprint density at radius 1 is 1.33 bits per heavy atom. The maximum Gasteiger partial charge on any atom is 0.123 e. The highest BCUT2D eigenvalue weighted by atomic mass is 19.1. The molecule has 1 heterocycles. The van der Waals surface area contributed by atoms with Gasteiger partial charge in [-0.15, -0.1) is 0 Å². The van der Waals surface area contributed by atoms with E-state index in [1.807, 2.05) is 13.0 Å². The minimum absolute atomic E-state index is 0.149. The van der Waals surface area contributed by atoms with Crippen molar-refractivity contribution in [2.24, 2.45) is 5.73 Å². The highest BCUT2D eigenvalue weighted by molar-refractivity contribution is 5.45. The van der Waals surface area contributed by atoms with Gasteiger partial charge in [-0.2, -0.15) is 0 Å². The number of halogens is 1. The van der Waals surface area contributed by atoms with Crippen molar-refractivity contribution < 1.29 is 4.39 Å². The molecular formula is C15H17FN2. The average molecular weight is 244 g/mol. The van der Waals surface area contributed by atoms with E-state index in [4.69, 9.17) is 5.73 Å². The summed E-state index contributed by atoms with van der Waals surface area (Å²) in [5, 5.41) is 0. The molecule has 94 valence electrons. The maximum absolute atomic E-state index is 13.2. The van der Waals surface area contributed by atoms with Crippen LogP contribution in [0.2, 0.25) is 0 Å². The van der Waals surface area contributed by atoms with Gasteiger partial charge in [0.05, 0.1) is 0 Å². The number of hydrogen-bond acceptors (Lipinski definition) is 1. The summed E-state index contributed by atoms with van der Waals surface area (Å²) in [4.78, 5) is 0. The van der Waals surface area contributed by atoms with E-state index in [0.29, 0.717) is 0 Å². The normalized spacial score (nSPS) is 18.7. The van der Waals surface area contributed by atoms with E-state index in [1.165, 1.54) is 17.3 Å². The van der Waals surface area contributed by atoms with Crippen LogP contribution in [0.1, 0.15) is 35.7 Å². The first-order chi connectivity index (χ1) is 8.66. The monoisotopic (exact) mass is 244 g/mol.